The molecular weight excluding hydrogens is 296 g/mol. The fourth-order valence-corrected chi connectivity index (χ4v) is 3.31. The Morgan fingerprint density at radius 2 is 1.91 bits per heavy atom. The second-order valence-electron chi connectivity index (χ2n) is 5.15. The van der Waals surface area contributed by atoms with Crippen LogP contribution in [0.3, 0.4) is 0 Å². The molecule has 1 heterocycles. The molecule has 0 aliphatic carbocycles. The summed E-state index contributed by atoms with van der Waals surface area (Å²) in [5.41, 5.74) is 0.628. The van der Waals surface area contributed by atoms with E-state index in [9.17, 15) is 9.59 Å². The summed E-state index contributed by atoms with van der Waals surface area (Å²) < 4.78 is 1.63. The van der Waals surface area contributed by atoms with Gasteiger partial charge in [-0.05, 0) is 36.8 Å². The average molecular weight is 312 g/mol. The van der Waals surface area contributed by atoms with Crippen molar-refractivity contribution in [3.8, 4) is 0 Å². The van der Waals surface area contributed by atoms with Gasteiger partial charge in [-0.3, -0.25) is 14.2 Å². The monoisotopic (exact) mass is 312 g/mol. The van der Waals surface area contributed by atoms with Crippen LogP contribution < -0.4 is 5.56 Å². The van der Waals surface area contributed by atoms with Gasteiger partial charge in [0.1, 0.15) is 5.78 Å². The van der Waals surface area contributed by atoms with E-state index in [0.717, 1.165) is 10.8 Å². The van der Waals surface area contributed by atoms with Crippen molar-refractivity contribution in [2.45, 2.75) is 25.5 Å². The van der Waals surface area contributed by atoms with E-state index in [4.69, 9.17) is 0 Å². The van der Waals surface area contributed by atoms with Crippen molar-refractivity contribution in [2.24, 2.45) is 0 Å². The van der Waals surface area contributed by atoms with Gasteiger partial charge in [-0.25, -0.2) is 4.98 Å². The first-order valence-electron chi connectivity index (χ1n) is 7.15. The van der Waals surface area contributed by atoms with Crippen molar-refractivity contribution < 1.29 is 4.79 Å². The summed E-state index contributed by atoms with van der Waals surface area (Å²) in [5.74, 6) is 0.395. The highest BCUT2D eigenvalue weighted by Crippen LogP contribution is 2.22. The number of hydrogen-bond donors (Lipinski definition) is 0. The number of carbonyl (C=O) groups excluding carboxylic acids is 1. The predicted octanol–water partition coefficient (Wildman–Crippen LogP) is 3.25. The molecule has 5 heteroatoms. The Hall–Kier alpha value is -2.14. The number of thioether (sulfide) groups is 1. The summed E-state index contributed by atoms with van der Waals surface area (Å²) in [7, 11) is 0. The molecule has 0 aliphatic rings. The van der Waals surface area contributed by atoms with Crippen molar-refractivity contribution in [1.29, 1.82) is 0 Å². The van der Waals surface area contributed by atoms with Gasteiger partial charge in [0, 0.05) is 6.54 Å². The first kappa shape index (κ1) is 14.8. The molecule has 1 aromatic heterocycles. The highest BCUT2D eigenvalue weighted by atomic mass is 32.2. The first-order chi connectivity index (χ1) is 10.6. The van der Waals surface area contributed by atoms with Crippen LogP contribution in [0.15, 0.2) is 46.3 Å². The van der Waals surface area contributed by atoms with Crippen LogP contribution in [-0.4, -0.2) is 21.1 Å². The molecule has 0 N–H and O–H groups in total. The molecule has 2 aromatic carbocycles. The third kappa shape index (κ3) is 2.64. The van der Waals surface area contributed by atoms with Crippen molar-refractivity contribution in [3.05, 3.63) is 46.8 Å². The van der Waals surface area contributed by atoms with Gasteiger partial charge in [0.15, 0.2) is 5.16 Å². The third-order valence-electron chi connectivity index (χ3n) is 3.51. The molecule has 3 aromatic rings. The molecular formula is C17H16N2O2S. The van der Waals surface area contributed by atoms with Crippen LogP contribution >= 0.6 is 11.8 Å². The van der Waals surface area contributed by atoms with E-state index in [0.29, 0.717) is 28.4 Å². The van der Waals surface area contributed by atoms with Crippen LogP contribution in [0.25, 0.3) is 21.7 Å². The lowest BCUT2D eigenvalue weighted by Gasteiger charge is -2.11. The topological polar surface area (TPSA) is 52.0 Å². The first-order valence-corrected chi connectivity index (χ1v) is 8.14. The zero-order chi connectivity index (χ0) is 15.7. The number of hydrogen-bond acceptors (Lipinski definition) is 4. The summed E-state index contributed by atoms with van der Waals surface area (Å²) in [6, 6.07) is 11.7. The van der Waals surface area contributed by atoms with Gasteiger partial charge < -0.3 is 0 Å². The number of fused-ring (bicyclic) bond motifs is 2. The summed E-state index contributed by atoms with van der Waals surface area (Å²) >= 11 is 1.32. The van der Waals surface area contributed by atoms with Gasteiger partial charge in [-0.1, -0.05) is 36.0 Å². The van der Waals surface area contributed by atoms with Crippen molar-refractivity contribution in [2.75, 3.05) is 5.75 Å². The van der Waals surface area contributed by atoms with Crippen molar-refractivity contribution >= 4 is 39.2 Å². The third-order valence-corrected chi connectivity index (χ3v) is 4.63. The molecule has 0 fully saturated rings. The smallest absolute Gasteiger partial charge is 0.262 e. The van der Waals surface area contributed by atoms with Crippen molar-refractivity contribution in [1.82, 2.24) is 9.55 Å². The Labute approximate surface area is 132 Å². The molecule has 0 saturated heterocycles. The maximum absolute atomic E-state index is 12.7. The lowest BCUT2D eigenvalue weighted by Crippen LogP contribution is -2.22. The Morgan fingerprint density at radius 1 is 1.23 bits per heavy atom. The molecule has 0 bridgehead atoms. The molecule has 22 heavy (non-hydrogen) atoms. The molecule has 0 unspecified atom stereocenters. The summed E-state index contributed by atoms with van der Waals surface area (Å²) in [5, 5.41) is 3.30. The van der Waals surface area contributed by atoms with Crippen LogP contribution in [0, 0.1) is 0 Å². The van der Waals surface area contributed by atoms with E-state index in [2.05, 4.69) is 4.98 Å². The van der Waals surface area contributed by atoms with E-state index >= 15 is 0 Å². The van der Waals surface area contributed by atoms with E-state index in [1.165, 1.54) is 18.7 Å². The maximum atomic E-state index is 12.7. The highest BCUT2D eigenvalue weighted by Gasteiger charge is 2.12. The molecule has 0 atom stereocenters. The summed E-state index contributed by atoms with van der Waals surface area (Å²) in [6.07, 6.45) is 0. The van der Waals surface area contributed by atoms with Crippen LogP contribution in [0.1, 0.15) is 13.8 Å². The molecule has 0 saturated carbocycles. The lowest BCUT2D eigenvalue weighted by atomic mass is 10.1. The molecule has 0 aliphatic heterocycles. The average Bonchev–Trinajstić information content (AvgIpc) is 2.51. The minimum absolute atomic E-state index is 0.0516. The van der Waals surface area contributed by atoms with Crippen LogP contribution in [0.2, 0.25) is 0 Å². The van der Waals surface area contributed by atoms with Gasteiger partial charge in [-0.2, -0.15) is 0 Å². The van der Waals surface area contributed by atoms with E-state index in [1.54, 1.807) is 4.57 Å². The van der Waals surface area contributed by atoms with E-state index < -0.39 is 0 Å². The zero-order valence-corrected chi connectivity index (χ0v) is 13.3. The Bertz CT molecular complexity index is 931. The molecule has 4 nitrogen and oxygen atoms in total. The standard InChI is InChI=1S/C17H16N2O2S/c1-3-19-16(21)14-8-12-6-4-5-7-13(12)9-15(14)18-17(19)22-10-11(2)20/h4-9H,3,10H2,1-2H3. The highest BCUT2D eigenvalue weighted by molar-refractivity contribution is 7.99. The lowest BCUT2D eigenvalue weighted by molar-refractivity contribution is -0.114. The van der Waals surface area contributed by atoms with Gasteiger partial charge in [0.25, 0.3) is 5.56 Å². The van der Waals surface area contributed by atoms with Crippen LogP contribution in [0.5, 0.6) is 0 Å². The number of benzene rings is 2. The second-order valence-corrected chi connectivity index (χ2v) is 6.09. The fraction of sp³-hybridized carbons (Fsp3) is 0.235. The summed E-state index contributed by atoms with van der Waals surface area (Å²) in [4.78, 5) is 28.5. The zero-order valence-electron chi connectivity index (χ0n) is 12.5. The second kappa shape index (κ2) is 5.93. The summed E-state index contributed by atoms with van der Waals surface area (Å²) in [6.45, 7) is 3.98. The number of rotatable bonds is 4. The number of nitrogens with zero attached hydrogens (tertiary/aromatic N) is 2. The number of ketones is 1. The van der Waals surface area contributed by atoms with Gasteiger partial charge in [0.2, 0.25) is 0 Å². The molecule has 0 amide bonds. The van der Waals surface area contributed by atoms with Crippen molar-refractivity contribution in [3.63, 3.8) is 0 Å². The van der Waals surface area contributed by atoms with Gasteiger partial charge in [0.05, 0.1) is 16.7 Å². The van der Waals surface area contributed by atoms with E-state index in [1.807, 2.05) is 43.3 Å². The van der Waals surface area contributed by atoms with Gasteiger partial charge >= 0.3 is 0 Å². The largest absolute Gasteiger partial charge is 0.299 e. The Morgan fingerprint density at radius 3 is 2.55 bits per heavy atom. The van der Waals surface area contributed by atoms with Crippen LogP contribution in [-0.2, 0) is 11.3 Å². The molecule has 0 spiro atoms. The minimum Gasteiger partial charge on any atom is -0.299 e. The number of aromatic nitrogens is 2. The fourth-order valence-electron chi connectivity index (χ4n) is 2.44. The Balaban J connectivity index is 2.26. The SMILES string of the molecule is CCn1c(SCC(C)=O)nc2cc3ccccc3cc2c1=O. The quantitative estimate of drug-likeness (QED) is 0.421. The normalized spacial score (nSPS) is 11.2. The number of Topliss-reactive ketones (excluding diaryl/α,β-unsaturated/α-hetero) is 1. The van der Waals surface area contributed by atoms with Gasteiger partial charge in [-0.15, -0.1) is 0 Å². The van der Waals surface area contributed by atoms with E-state index in [-0.39, 0.29) is 11.3 Å². The minimum atomic E-state index is -0.0516. The Kier molecular flexibility index (Phi) is 3.98. The van der Waals surface area contributed by atoms with Crippen LogP contribution in [0.4, 0.5) is 0 Å². The maximum Gasteiger partial charge on any atom is 0.262 e. The molecule has 0 radical (unpaired) electrons. The number of carbonyl (C=O) groups is 1. The molecule has 3 rings (SSSR count). The molecule has 112 valence electrons. The predicted molar refractivity (Wildman–Crippen MR) is 90.6 cm³/mol.